The number of rotatable bonds is 3. The predicted molar refractivity (Wildman–Crippen MR) is 73.3 cm³/mol. The number of carbonyl (C=O) groups is 2. The summed E-state index contributed by atoms with van der Waals surface area (Å²) in [5.74, 6) is -1.86. The molecule has 1 aromatic rings. The standard InChI is InChI=1S/C14H17FN2O4/c1-14(7-21-6-11(14)16)13(19)17-8-3-4-10(15)9(5-8)12(18)20-2/h3-5,11H,6-7,16H2,1-2H3,(H,17,19). The van der Waals surface area contributed by atoms with Gasteiger partial charge in [0.05, 0.1) is 31.3 Å². The lowest BCUT2D eigenvalue weighted by molar-refractivity contribution is -0.125. The highest BCUT2D eigenvalue weighted by Crippen LogP contribution is 2.29. The average Bonchev–Trinajstić information content (AvgIpc) is 2.81. The van der Waals surface area contributed by atoms with E-state index in [1.807, 2.05) is 0 Å². The van der Waals surface area contributed by atoms with Gasteiger partial charge in [0.2, 0.25) is 5.91 Å². The van der Waals surface area contributed by atoms with Crippen LogP contribution in [0, 0.1) is 11.2 Å². The minimum atomic E-state index is -0.861. The van der Waals surface area contributed by atoms with Crippen molar-refractivity contribution in [3.05, 3.63) is 29.6 Å². The molecule has 1 fully saturated rings. The quantitative estimate of drug-likeness (QED) is 0.809. The van der Waals surface area contributed by atoms with Crippen LogP contribution in [0.3, 0.4) is 0 Å². The van der Waals surface area contributed by atoms with Crippen molar-refractivity contribution in [2.24, 2.45) is 11.1 Å². The molecule has 0 radical (unpaired) electrons. The zero-order chi connectivity index (χ0) is 15.6. The van der Waals surface area contributed by atoms with E-state index in [2.05, 4.69) is 10.1 Å². The fraction of sp³-hybridized carbons (Fsp3) is 0.429. The number of halogens is 1. The van der Waals surface area contributed by atoms with Crippen molar-refractivity contribution in [1.82, 2.24) is 0 Å². The molecule has 1 saturated heterocycles. The van der Waals surface area contributed by atoms with Crippen LogP contribution in [0.2, 0.25) is 0 Å². The number of ether oxygens (including phenoxy) is 2. The molecule has 1 aliphatic rings. The molecule has 0 bridgehead atoms. The van der Waals surface area contributed by atoms with Crippen LogP contribution in [-0.4, -0.2) is 38.2 Å². The second kappa shape index (κ2) is 5.79. The topological polar surface area (TPSA) is 90.6 Å². The molecule has 21 heavy (non-hydrogen) atoms. The van der Waals surface area contributed by atoms with Crippen LogP contribution in [0.25, 0.3) is 0 Å². The fourth-order valence-corrected chi connectivity index (χ4v) is 2.07. The zero-order valence-electron chi connectivity index (χ0n) is 11.8. The van der Waals surface area contributed by atoms with Crippen molar-refractivity contribution in [3.63, 3.8) is 0 Å². The second-order valence-electron chi connectivity index (χ2n) is 5.18. The normalized spacial score (nSPS) is 24.7. The number of methoxy groups -OCH3 is 1. The number of carbonyl (C=O) groups excluding carboxylic acids is 2. The number of hydrogen-bond donors (Lipinski definition) is 2. The number of benzene rings is 1. The van der Waals surface area contributed by atoms with Gasteiger partial charge in [-0.25, -0.2) is 9.18 Å². The first-order valence-corrected chi connectivity index (χ1v) is 6.41. The third-order valence-corrected chi connectivity index (χ3v) is 3.67. The summed E-state index contributed by atoms with van der Waals surface area (Å²) in [6.45, 7) is 2.22. The lowest BCUT2D eigenvalue weighted by Gasteiger charge is -2.25. The van der Waals surface area contributed by atoms with Crippen LogP contribution in [-0.2, 0) is 14.3 Å². The van der Waals surface area contributed by atoms with Gasteiger partial charge < -0.3 is 20.5 Å². The van der Waals surface area contributed by atoms with E-state index in [1.54, 1.807) is 6.92 Å². The Morgan fingerprint density at radius 3 is 2.81 bits per heavy atom. The molecular weight excluding hydrogens is 279 g/mol. The molecule has 3 N–H and O–H groups in total. The summed E-state index contributed by atoms with van der Waals surface area (Å²) in [5, 5.41) is 2.63. The van der Waals surface area contributed by atoms with Crippen molar-refractivity contribution in [1.29, 1.82) is 0 Å². The molecule has 6 nitrogen and oxygen atoms in total. The average molecular weight is 296 g/mol. The summed E-state index contributed by atoms with van der Waals surface area (Å²) < 4.78 is 23.2. The molecule has 2 unspecified atom stereocenters. The Morgan fingerprint density at radius 1 is 1.52 bits per heavy atom. The van der Waals surface area contributed by atoms with Crippen molar-refractivity contribution in [2.75, 3.05) is 25.6 Å². The van der Waals surface area contributed by atoms with Crippen LogP contribution < -0.4 is 11.1 Å². The van der Waals surface area contributed by atoms with Gasteiger partial charge in [0.15, 0.2) is 0 Å². The highest BCUT2D eigenvalue weighted by Gasteiger charge is 2.44. The monoisotopic (exact) mass is 296 g/mol. The molecule has 0 aromatic heterocycles. The lowest BCUT2D eigenvalue weighted by Crippen LogP contribution is -2.47. The minimum Gasteiger partial charge on any atom is -0.465 e. The van der Waals surface area contributed by atoms with Gasteiger partial charge in [0, 0.05) is 11.7 Å². The first-order valence-electron chi connectivity index (χ1n) is 6.41. The lowest BCUT2D eigenvalue weighted by atomic mass is 9.85. The Hall–Kier alpha value is -1.99. The van der Waals surface area contributed by atoms with Crippen LogP contribution in [0.5, 0.6) is 0 Å². The van der Waals surface area contributed by atoms with Crippen LogP contribution in [0.4, 0.5) is 10.1 Å². The number of hydrogen-bond acceptors (Lipinski definition) is 5. The Bertz CT molecular complexity index is 578. The van der Waals surface area contributed by atoms with E-state index in [9.17, 15) is 14.0 Å². The molecule has 0 saturated carbocycles. The second-order valence-corrected chi connectivity index (χ2v) is 5.18. The Morgan fingerprint density at radius 2 is 2.24 bits per heavy atom. The van der Waals surface area contributed by atoms with Gasteiger partial charge in [-0.3, -0.25) is 4.79 Å². The molecule has 1 heterocycles. The fourth-order valence-electron chi connectivity index (χ4n) is 2.07. The third kappa shape index (κ3) is 2.88. The van der Waals surface area contributed by atoms with Crippen LogP contribution in [0.15, 0.2) is 18.2 Å². The molecule has 0 aliphatic carbocycles. The molecule has 114 valence electrons. The molecule has 1 aromatic carbocycles. The SMILES string of the molecule is COC(=O)c1cc(NC(=O)C2(C)COCC2N)ccc1F. The summed E-state index contributed by atoms with van der Waals surface area (Å²) in [4.78, 5) is 23.7. The molecular formula is C14H17FN2O4. The van der Waals surface area contributed by atoms with Gasteiger partial charge in [-0.2, -0.15) is 0 Å². The maximum absolute atomic E-state index is 13.5. The van der Waals surface area contributed by atoms with Gasteiger partial charge in [0.25, 0.3) is 0 Å². The number of nitrogens with one attached hydrogen (secondary N) is 1. The van der Waals surface area contributed by atoms with E-state index in [0.29, 0.717) is 12.3 Å². The first kappa shape index (κ1) is 15.4. The van der Waals surface area contributed by atoms with E-state index < -0.39 is 23.2 Å². The van der Waals surface area contributed by atoms with Crippen molar-refractivity contribution >= 4 is 17.6 Å². The van der Waals surface area contributed by atoms with Crippen LogP contribution >= 0.6 is 0 Å². The molecule has 7 heteroatoms. The van der Waals surface area contributed by atoms with Gasteiger partial charge in [-0.1, -0.05) is 0 Å². The van der Waals surface area contributed by atoms with E-state index in [-0.39, 0.29) is 18.1 Å². The summed E-state index contributed by atoms with van der Waals surface area (Å²) in [6.07, 6.45) is 0. The van der Waals surface area contributed by atoms with Gasteiger partial charge in [-0.15, -0.1) is 0 Å². The molecule has 1 aliphatic heterocycles. The first-order chi connectivity index (χ1) is 9.88. The van der Waals surface area contributed by atoms with E-state index in [0.717, 1.165) is 13.2 Å². The number of anilines is 1. The molecule has 0 spiro atoms. The number of amides is 1. The Kier molecular flexibility index (Phi) is 4.24. The minimum absolute atomic E-state index is 0.213. The number of nitrogens with two attached hydrogens (primary N) is 1. The van der Waals surface area contributed by atoms with E-state index >= 15 is 0 Å². The highest BCUT2D eigenvalue weighted by molar-refractivity contribution is 5.97. The van der Waals surface area contributed by atoms with Crippen molar-refractivity contribution in [3.8, 4) is 0 Å². The highest BCUT2D eigenvalue weighted by atomic mass is 19.1. The summed E-state index contributed by atoms with van der Waals surface area (Å²) in [6, 6.07) is 3.27. The summed E-state index contributed by atoms with van der Waals surface area (Å²) >= 11 is 0. The van der Waals surface area contributed by atoms with E-state index in [1.165, 1.54) is 12.1 Å². The smallest absolute Gasteiger partial charge is 0.340 e. The summed E-state index contributed by atoms with van der Waals surface area (Å²) in [5.41, 5.74) is 5.06. The largest absolute Gasteiger partial charge is 0.465 e. The summed E-state index contributed by atoms with van der Waals surface area (Å²) in [7, 11) is 1.16. The number of esters is 1. The van der Waals surface area contributed by atoms with Crippen molar-refractivity contribution in [2.45, 2.75) is 13.0 Å². The maximum atomic E-state index is 13.5. The zero-order valence-corrected chi connectivity index (χ0v) is 11.8. The van der Waals surface area contributed by atoms with Crippen LogP contribution in [0.1, 0.15) is 17.3 Å². The molecule has 1 amide bonds. The third-order valence-electron chi connectivity index (χ3n) is 3.67. The Labute approximate surface area is 121 Å². The Balaban J connectivity index is 2.20. The van der Waals surface area contributed by atoms with Gasteiger partial charge in [0.1, 0.15) is 5.82 Å². The van der Waals surface area contributed by atoms with Crippen molar-refractivity contribution < 1.29 is 23.5 Å². The van der Waals surface area contributed by atoms with Gasteiger partial charge in [-0.05, 0) is 25.1 Å². The predicted octanol–water partition coefficient (Wildman–Crippen LogP) is 0.915. The van der Waals surface area contributed by atoms with Gasteiger partial charge >= 0.3 is 5.97 Å². The van der Waals surface area contributed by atoms with E-state index in [4.69, 9.17) is 10.5 Å². The maximum Gasteiger partial charge on any atom is 0.340 e. The molecule has 2 atom stereocenters. The molecule has 2 rings (SSSR count).